The molecule has 2 aromatic carbocycles. The second-order valence-corrected chi connectivity index (χ2v) is 6.83. The van der Waals surface area contributed by atoms with Gasteiger partial charge in [-0.3, -0.25) is 4.79 Å². The third-order valence-electron chi connectivity index (χ3n) is 4.43. The number of fused-ring (bicyclic) bond motifs is 1. The van der Waals surface area contributed by atoms with Crippen molar-refractivity contribution in [1.29, 1.82) is 0 Å². The highest BCUT2D eigenvalue weighted by molar-refractivity contribution is 6.32. The second-order valence-electron chi connectivity index (χ2n) is 6.42. The first-order valence-electron chi connectivity index (χ1n) is 9.19. The summed E-state index contributed by atoms with van der Waals surface area (Å²) < 4.78 is 26.5. The van der Waals surface area contributed by atoms with Crippen LogP contribution in [0.2, 0.25) is 5.02 Å². The van der Waals surface area contributed by atoms with Crippen LogP contribution < -0.4 is 24.3 Å². The number of hydrogen-bond donors (Lipinski definition) is 1. The van der Waals surface area contributed by atoms with Crippen molar-refractivity contribution in [1.82, 2.24) is 0 Å². The number of ether oxygens (including phenoxy) is 5. The van der Waals surface area contributed by atoms with E-state index in [0.29, 0.717) is 46.8 Å². The molecule has 0 bridgehead atoms. The van der Waals surface area contributed by atoms with Crippen molar-refractivity contribution >= 4 is 29.2 Å². The van der Waals surface area contributed by atoms with Gasteiger partial charge in [-0.2, -0.15) is 0 Å². The van der Waals surface area contributed by atoms with Crippen LogP contribution >= 0.6 is 11.6 Å². The van der Waals surface area contributed by atoms with Crippen LogP contribution in [0.3, 0.4) is 0 Å². The van der Waals surface area contributed by atoms with Crippen LogP contribution in [0.1, 0.15) is 22.3 Å². The number of rotatable bonds is 6. The van der Waals surface area contributed by atoms with Gasteiger partial charge in [0.25, 0.3) is 0 Å². The van der Waals surface area contributed by atoms with Crippen LogP contribution in [0.25, 0.3) is 0 Å². The van der Waals surface area contributed by atoms with E-state index < -0.39 is 5.97 Å². The van der Waals surface area contributed by atoms with Gasteiger partial charge in [0, 0.05) is 18.6 Å². The minimum atomic E-state index is -0.620. The summed E-state index contributed by atoms with van der Waals surface area (Å²) in [5, 5.41) is 3.10. The van der Waals surface area contributed by atoms with Crippen LogP contribution in [-0.2, 0) is 16.0 Å². The Kier molecular flexibility index (Phi) is 6.89. The molecule has 0 spiro atoms. The minimum absolute atomic E-state index is 0.00528. The lowest BCUT2D eigenvalue weighted by molar-refractivity contribution is -0.115. The molecule has 0 radical (unpaired) electrons. The van der Waals surface area contributed by atoms with Gasteiger partial charge < -0.3 is 29.0 Å². The number of benzene rings is 2. The maximum Gasteiger partial charge on any atom is 0.340 e. The van der Waals surface area contributed by atoms with Crippen LogP contribution in [0, 0.1) is 0 Å². The average molecular weight is 436 g/mol. The Labute approximate surface area is 179 Å². The zero-order valence-corrected chi connectivity index (χ0v) is 17.6. The normalized spacial score (nSPS) is 12.5. The molecule has 0 unspecified atom stereocenters. The quantitative estimate of drug-likeness (QED) is 0.694. The lowest BCUT2D eigenvalue weighted by Crippen LogP contribution is -2.17. The topological polar surface area (TPSA) is 92.3 Å². The Morgan fingerprint density at radius 2 is 1.73 bits per heavy atom. The first-order chi connectivity index (χ1) is 14.5. The molecule has 160 valence electrons. The fourth-order valence-corrected chi connectivity index (χ4v) is 3.32. The van der Waals surface area contributed by atoms with Crippen LogP contribution in [-0.4, -0.2) is 46.4 Å². The molecule has 8 nitrogen and oxygen atoms in total. The molecule has 1 aliphatic heterocycles. The van der Waals surface area contributed by atoms with Crippen LogP contribution in [0.5, 0.6) is 23.0 Å². The number of halogens is 1. The number of carbonyl (C=O) groups is 2. The van der Waals surface area contributed by atoms with E-state index in [0.717, 1.165) is 6.42 Å². The SMILES string of the molecule is COC(=O)c1cc(OC)c(OC)cc1NC(=O)Cc1cc(Cl)c2c(c1)OCCCO2. The van der Waals surface area contributed by atoms with Gasteiger partial charge in [0.2, 0.25) is 5.91 Å². The van der Waals surface area contributed by atoms with Crippen molar-refractivity contribution < 1.29 is 33.3 Å². The summed E-state index contributed by atoms with van der Waals surface area (Å²) in [6, 6.07) is 6.33. The van der Waals surface area contributed by atoms with Crippen molar-refractivity contribution in [2.45, 2.75) is 12.8 Å². The molecule has 0 atom stereocenters. The highest BCUT2D eigenvalue weighted by Crippen LogP contribution is 2.38. The average Bonchev–Trinajstić information content (AvgIpc) is 2.98. The predicted octanol–water partition coefficient (Wildman–Crippen LogP) is 3.49. The maximum absolute atomic E-state index is 12.7. The van der Waals surface area contributed by atoms with Crippen molar-refractivity contribution in [3.8, 4) is 23.0 Å². The molecule has 30 heavy (non-hydrogen) atoms. The molecule has 9 heteroatoms. The highest BCUT2D eigenvalue weighted by Gasteiger charge is 2.21. The third kappa shape index (κ3) is 4.71. The van der Waals surface area contributed by atoms with Gasteiger partial charge in [0.15, 0.2) is 23.0 Å². The summed E-state index contributed by atoms with van der Waals surface area (Å²) in [7, 11) is 4.16. The molecule has 1 aliphatic rings. The Hall–Kier alpha value is -3.13. The molecule has 1 N–H and O–H groups in total. The fraction of sp³-hybridized carbons (Fsp3) is 0.333. The zero-order valence-electron chi connectivity index (χ0n) is 16.9. The lowest BCUT2D eigenvalue weighted by Gasteiger charge is -2.15. The molecular weight excluding hydrogens is 414 g/mol. The van der Waals surface area contributed by atoms with E-state index in [1.165, 1.54) is 33.5 Å². The summed E-state index contributed by atoms with van der Waals surface area (Å²) in [6.45, 7) is 1.02. The Bertz CT molecular complexity index is 961. The molecule has 0 saturated heterocycles. The third-order valence-corrected chi connectivity index (χ3v) is 4.71. The van der Waals surface area contributed by atoms with Gasteiger partial charge in [-0.05, 0) is 17.7 Å². The number of anilines is 1. The molecule has 0 aromatic heterocycles. The van der Waals surface area contributed by atoms with E-state index in [4.69, 9.17) is 35.3 Å². The van der Waals surface area contributed by atoms with E-state index >= 15 is 0 Å². The van der Waals surface area contributed by atoms with Crippen LogP contribution in [0.15, 0.2) is 24.3 Å². The van der Waals surface area contributed by atoms with Gasteiger partial charge in [-0.1, -0.05) is 11.6 Å². The van der Waals surface area contributed by atoms with Gasteiger partial charge in [0.1, 0.15) is 0 Å². The molecule has 0 fully saturated rings. The first-order valence-corrected chi connectivity index (χ1v) is 9.56. The van der Waals surface area contributed by atoms with E-state index in [1.54, 1.807) is 12.1 Å². The van der Waals surface area contributed by atoms with Gasteiger partial charge in [-0.15, -0.1) is 0 Å². The number of amides is 1. The predicted molar refractivity (Wildman–Crippen MR) is 110 cm³/mol. The zero-order chi connectivity index (χ0) is 21.7. The molecule has 0 saturated carbocycles. The summed E-state index contributed by atoms with van der Waals surface area (Å²) in [5.41, 5.74) is 1.02. The fourth-order valence-electron chi connectivity index (χ4n) is 3.03. The summed E-state index contributed by atoms with van der Waals surface area (Å²) >= 11 is 6.29. The van der Waals surface area contributed by atoms with E-state index in [-0.39, 0.29) is 23.6 Å². The summed E-state index contributed by atoms with van der Waals surface area (Å²) in [4.78, 5) is 24.9. The van der Waals surface area contributed by atoms with Crippen LogP contribution in [0.4, 0.5) is 5.69 Å². The monoisotopic (exact) mass is 435 g/mol. The summed E-state index contributed by atoms with van der Waals surface area (Å²) in [5.74, 6) is 0.697. The standard InChI is InChI=1S/C21H22ClNO7/c1-26-16-10-13(21(25)28-3)15(11-17(16)27-2)23-19(24)9-12-7-14(22)20-18(8-12)29-5-4-6-30-20/h7-8,10-11H,4-6,9H2,1-3H3,(H,23,24). The smallest absolute Gasteiger partial charge is 0.340 e. The van der Waals surface area contributed by atoms with E-state index in [9.17, 15) is 9.59 Å². The number of esters is 1. The highest BCUT2D eigenvalue weighted by atomic mass is 35.5. The number of carbonyl (C=O) groups excluding carboxylic acids is 2. The van der Waals surface area contributed by atoms with Crippen molar-refractivity contribution in [2.75, 3.05) is 39.9 Å². The molecule has 3 rings (SSSR count). The molecular formula is C21H22ClNO7. The number of methoxy groups -OCH3 is 3. The van der Waals surface area contributed by atoms with Gasteiger partial charge in [-0.25, -0.2) is 4.79 Å². The summed E-state index contributed by atoms with van der Waals surface area (Å²) in [6.07, 6.45) is 0.752. The minimum Gasteiger partial charge on any atom is -0.493 e. The molecule has 0 aliphatic carbocycles. The van der Waals surface area contributed by atoms with E-state index in [1.807, 2.05) is 0 Å². The number of hydrogen-bond acceptors (Lipinski definition) is 7. The largest absolute Gasteiger partial charge is 0.493 e. The Morgan fingerprint density at radius 3 is 2.43 bits per heavy atom. The Morgan fingerprint density at radius 1 is 1.03 bits per heavy atom. The van der Waals surface area contributed by atoms with Gasteiger partial charge >= 0.3 is 5.97 Å². The number of nitrogens with one attached hydrogen (secondary N) is 1. The molecule has 2 aromatic rings. The second kappa shape index (κ2) is 9.58. The van der Waals surface area contributed by atoms with Crippen molar-refractivity contribution in [3.63, 3.8) is 0 Å². The molecule has 1 heterocycles. The first kappa shape index (κ1) is 21.6. The van der Waals surface area contributed by atoms with Crippen molar-refractivity contribution in [2.24, 2.45) is 0 Å². The lowest BCUT2D eigenvalue weighted by atomic mass is 10.1. The van der Waals surface area contributed by atoms with Gasteiger partial charge in [0.05, 0.1) is 57.2 Å². The van der Waals surface area contributed by atoms with E-state index in [2.05, 4.69) is 5.32 Å². The molecule has 1 amide bonds. The van der Waals surface area contributed by atoms with Crippen molar-refractivity contribution in [3.05, 3.63) is 40.4 Å². The Balaban J connectivity index is 1.85. The maximum atomic E-state index is 12.7.